The second-order valence-electron chi connectivity index (χ2n) is 8.70. The van der Waals surface area contributed by atoms with Gasteiger partial charge in [-0.2, -0.15) is 23.4 Å². The number of halogens is 4. The maximum Gasteiger partial charge on any atom is 0.416 e. The Labute approximate surface area is 215 Å². The van der Waals surface area contributed by atoms with Crippen LogP contribution in [0.15, 0.2) is 53.0 Å². The van der Waals surface area contributed by atoms with Gasteiger partial charge in [0.05, 0.1) is 51.6 Å². The number of benzene rings is 2. The number of nitrogens with one attached hydrogen (secondary N) is 1. The predicted octanol–water partition coefficient (Wildman–Crippen LogP) is 6.44. The number of aryl methyl sites for hydroxylation is 2. The lowest BCUT2D eigenvalue weighted by atomic mass is 10.1. The number of alkyl halides is 3. The first-order valence-corrected chi connectivity index (χ1v) is 12.0. The molecule has 0 aliphatic heterocycles. The van der Waals surface area contributed by atoms with E-state index in [4.69, 9.17) is 0 Å². The molecule has 4 rings (SSSR count). The zero-order valence-electron chi connectivity index (χ0n) is 20.2. The van der Waals surface area contributed by atoms with Crippen molar-refractivity contribution in [1.29, 1.82) is 0 Å². The first-order valence-electron chi connectivity index (χ1n) is 11.2. The number of aromatic nitrogens is 4. The predicted molar refractivity (Wildman–Crippen MR) is 135 cm³/mol. The molecule has 4 aromatic rings. The number of carbonyl (C=O) groups is 1. The normalized spacial score (nSPS) is 11.7. The number of anilines is 1. The van der Waals surface area contributed by atoms with Crippen molar-refractivity contribution in [2.24, 2.45) is 0 Å². The fraction of sp³-hybridized carbons (Fsp3) is 0.269. The molecule has 0 saturated carbocycles. The fourth-order valence-electron chi connectivity index (χ4n) is 4.00. The van der Waals surface area contributed by atoms with Crippen LogP contribution in [0.25, 0.3) is 0 Å². The smallest absolute Gasteiger partial charge is 0.319 e. The summed E-state index contributed by atoms with van der Waals surface area (Å²) in [7, 11) is 0. The van der Waals surface area contributed by atoms with Crippen molar-refractivity contribution in [2.75, 3.05) is 5.32 Å². The zero-order valence-corrected chi connectivity index (χ0v) is 21.8. The Morgan fingerprint density at radius 2 is 1.50 bits per heavy atom. The van der Waals surface area contributed by atoms with Crippen molar-refractivity contribution in [3.63, 3.8) is 0 Å². The molecule has 0 atom stereocenters. The lowest BCUT2D eigenvalue weighted by molar-refractivity contribution is -0.137. The Kier molecular flexibility index (Phi) is 7.08. The molecule has 0 saturated heterocycles. The first-order chi connectivity index (χ1) is 16.9. The van der Waals surface area contributed by atoms with E-state index in [2.05, 4.69) is 31.4 Å². The van der Waals surface area contributed by atoms with Crippen LogP contribution in [0.2, 0.25) is 0 Å². The number of nitrogens with zero attached hydrogens (tertiary/aromatic N) is 4. The fourth-order valence-corrected chi connectivity index (χ4v) is 4.28. The molecule has 2 aromatic carbocycles. The summed E-state index contributed by atoms with van der Waals surface area (Å²) in [5.41, 5.74) is 4.99. The molecule has 0 bridgehead atoms. The summed E-state index contributed by atoms with van der Waals surface area (Å²) in [4.78, 5) is 12.9. The summed E-state index contributed by atoms with van der Waals surface area (Å²) in [5.74, 6) is -0.291. The van der Waals surface area contributed by atoms with Gasteiger partial charge in [-0.15, -0.1) is 0 Å². The van der Waals surface area contributed by atoms with Crippen molar-refractivity contribution in [3.05, 3.63) is 98.0 Å². The molecule has 36 heavy (non-hydrogen) atoms. The molecule has 1 N–H and O–H groups in total. The molecule has 6 nitrogen and oxygen atoms in total. The summed E-state index contributed by atoms with van der Waals surface area (Å²) in [6, 6.07) is 12.4. The molecule has 0 spiro atoms. The molecule has 1 amide bonds. The Hall–Kier alpha value is -3.40. The molecule has 0 radical (unpaired) electrons. The van der Waals surface area contributed by atoms with Crippen LogP contribution in [0, 0.1) is 27.7 Å². The van der Waals surface area contributed by atoms with E-state index in [0.29, 0.717) is 34.7 Å². The van der Waals surface area contributed by atoms with E-state index in [0.717, 1.165) is 33.6 Å². The lowest BCUT2D eigenvalue weighted by Crippen LogP contribution is -2.14. The van der Waals surface area contributed by atoms with Crippen molar-refractivity contribution in [2.45, 2.75) is 47.0 Å². The van der Waals surface area contributed by atoms with Gasteiger partial charge in [0.15, 0.2) is 0 Å². The topological polar surface area (TPSA) is 64.7 Å². The maximum absolute atomic E-state index is 13.1. The van der Waals surface area contributed by atoms with Crippen LogP contribution in [0.5, 0.6) is 0 Å². The summed E-state index contributed by atoms with van der Waals surface area (Å²) in [6.45, 7) is 8.19. The quantitative estimate of drug-likeness (QED) is 0.295. The number of hydrogen-bond donors (Lipinski definition) is 1. The second kappa shape index (κ2) is 9.93. The number of carbonyl (C=O) groups excluding carboxylic acids is 1. The van der Waals surface area contributed by atoms with Crippen molar-refractivity contribution < 1.29 is 18.0 Å². The first kappa shape index (κ1) is 25.7. The zero-order chi connectivity index (χ0) is 26.2. The van der Waals surface area contributed by atoms with Crippen LogP contribution in [0.4, 0.5) is 18.9 Å². The van der Waals surface area contributed by atoms with Crippen LogP contribution in [0.3, 0.4) is 0 Å². The minimum atomic E-state index is -4.41. The summed E-state index contributed by atoms with van der Waals surface area (Å²) < 4.78 is 43.6. The minimum Gasteiger partial charge on any atom is -0.319 e. The summed E-state index contributed by atoms with van der Waals surface area (Å²) in [5, 5.41) is 11.8. The molecule has 0 fully saturated rings. The standard InChI is InChI=1S/C26H25BrF3N5O/c1-15-23(27)17(3)34(32-15)13-19-8-10-21(11-9-19)25(36)31-24-16(2)33-35(18(24)4)14-20-6-5-7-22(12-20)26(28,29)30/h5-12H,13-14H2,1-4H3,(H,31,36). The van der Waals surface area contributed by atoms with Gasteiger partial charge in [0.25, 0.3) is 5.91 Å². The van der Waals surface area contributed by atoms with E-state index in [1.807, 2.05) is 30.7 Å². The third-order valence-corrected chi connectivity index (χ3v) is 7.20. The lowest BCUT2D eigenvalue weighted by Gasteiger charge is -2.10. The van der Waals surface area contributed by atoms with Crippen molar-refractivity contribution >= 4 is 27.5 Å². The van der Waals surface area contributed by atoms with E-state index >= 15 is 0 Å². The van der Waals surface area contributed by atoms with Crippen LogP contribution in [-0.4, -0.2) is 25.5 Å². The van der Waals surface area contributed by atoms with Gasteiger partial charge in [-0.05, 0) is 79.0 Å². The van der Waals surface area contributed by atoms with Crippen LogP contribution < -0.4 is 5.32 Å². The Morgan fingerprint density at radius 3 is 2.11 bits per heavy atom. The molecule has 0 unspecified atom stereocenters. The highest BCUT2D eigenvalue weighted by Crippen LogP contribution is 2.30. The minimum absolute atomic E-state index is 0.156. The molecule has 188 valence electrons. The van der Waals surface area contributed by atoms with E-state index in [-0.39, 0.29) is 12.5 Å². The molecule has 10 heteroatoms. The van der Waals surface area contributed by atoms with E-state index in [1.165, 1.54) is 6.07 Å². The van der Waals surface area contributed by atoms with E-state index in [9.17, 15) is 18.0 Å². The van der Waals surface area contributed by atoms with Crippen LogP contribution >= 0.6 is 15.9 Å². The SMILES string of the molecule is Cc1nn(Cc2ccc(C(=O)Nc3c(C)nn(Cc4cccc(C(F)(F)F)c4)c3C)cc2)c(C)c1Br. The third-order valence-electron chi connectivity index (χ3n) is 6.05. The molecule has 0 aliphatic rings. The monoisotopic (exact) mass is 559 g/mol. The van der Waals surface area contributed by atoms with Gasteiger partial charge >= 0.3 is 6.18 Å². The highest BCUT2D eigenvalue weighted by Gasteiger charge is 2.30. The van der Waals surface area contributed by atoms with Crippen LogP contribution in [-0.2, 0) is 19.3 Å². The highest BCUT2D eigenvalue weighted by atomic mass is 79.9. The molecule has 0 aliphatic carbocycles. The van der Waals surface area contributed by atoms with Gasteiger partial charge in [-0.1, -0.05) is 24.3 Å². The van der Waals surface area contributed by atoms with Crippen molar-refractivity contribution in [1.82, 2.24) is 19.6 Å². The molecular formula is C26H25BrF3N5O. The average Bonchev–Trinajstić information content (AvgIpc) is 3.23. The van der Waals surface area contributed by atoms with Gasteiger partial charge in [0.1, 0.15) is 0 Å². The van der Waals surface area contributed by atoms with Gasteiger partial charge in [0.2, 0.25) is 0 Å². The average molecular weight is 560 g/mol. The van der Waals surface area contributed by atoms with E-state index < -0.39 is 11.7 Å². The summed E-state index contributed by atoms with van der Waals surface area (Å²) in [6.07, 6.45) is -4.41. The Bertz CT molecular complexity index is 1420. The molecular weight excluding hydrogens is 535 g/mol. The number of amides is 1. The Morgan fingerprint density at radius 1 is 0.889 bits per heavy atom. The van der Waals surface area contributed by atoms with E-state index in [1.54, 1.807) is 36.7 Å². The van der Waals surface area contributed by atoms with Gasteiger partial charge in [0, 0.05) is 5.56 Å². The number of rotatable bonds is 6. The van der Waals surface area contributed by atoms with Gasteiger partial charge in [-0.25, -0.2) is 0 Å². The Balaban J connectivity index is 1.47. The number of hydrogen-bond acceptors (Lipinski definition) is 3. The van der Waals surface area contributed by atoms with Gasteiger partial charge < -0.3 is 5.32 Å². The summed E-state index contributed by atoms with van der Waals surface area (Å²) >= 11 is 3.53. The van der Waals surface area contributed by atoms with Gasteiger partial charge in [-0.3, -0.25) is 14.2 Å². The molecule has 2 aromatic heterocycles. The molecule has 2 heterocycles. The third kappa shape index (κ3) is 5.38. The highest BCUT2D eigenvalue weighted by molar-refractivity contribution is 9.10. The second-order valence-corrected chi connectivity index (χ2v) is 9.49. The van der Waals surface area contributed by atoms with Crippen molar-refractivity contribution in [3.8, 4) is 0 Å². The maximum atomic E-state index is 13.1. The van der Waals surface area contributed by atoms with Crippen LogP contribution in [0.1, 0.15) is 49.8 Å². The largest absolute Gasteiger partial charge is 0.416 e.